The maximum Gasteiger partial charge on any atom is 4.00 e. The van der Waals surface area contributed by atoms with Crippen LogP contribution in [0, 0.1) is 6.08 Å². The number of allylic oxidation sites excluding steroid dienone is 4. The number of hydrogen-bond donors (Lipinski definition) is 0. The van der Waals surface area contributed by atoms with E-state index in [2.05, 4.69) is 102 Å². The Balaban J connectivity index is 0.000000381. The zero-order valence-corrected chi connectivity index (χ0v) is 21.4. The molecule has 152 valence electrons. The van der Waals surface area contributed by atoms with Gasteiger partial charge in [0.2, 0.25) is 0 Å². The van der Waals surface area contributed by atoms with Crippen LogP contribution in [0.3, 0.4) is 0 Å². The van der Waals surface area contributed by atoms with Gasteiger partial charge >= 0.3 is 26.2 Å². The summed E-state index contributed by atoms with van der Waals surface area (Å²) < 4.78 is 0. The molecule has 1 aliphatic carbocycles. The first-order valence-corrected chi connectivity index (χ1v) is 10.2. The van der Waals surface area contributed by atoms with E-state index in [1.165, 1.54) is 37.6 Å². The Morgan fingerprint density at radius 3 is 1.97 bits per heavy atom. The van der Waals surface area contributed by atoms with Gasteiger partial charge in [-0.2, -0.15) is 6.08 Å². The molecule has 0 unspecified atom stereocenters. The second kappa shape index (κ2) is 11.8. The zero-order chi connectivity index (χ0) is 18.8. The van der Waals surface area contributed by atoms with E-state index in [1.807, 2.05) is 23.9 Å². The van der Waals surface area contributed by atoms with E-state index in [0.29, 0.717) is 0 Å². The molecule has 0 aromatic heterocycles. The summed E-state index contributed by atoms with van der Waals surface area (Å²) in [5.74, 6) is 0. The molecule has 0 amide bonds. The average Bonchev–Trinajstić information content (AvgIpc) is 3.44. The van der Waals surface area contributed by atoms with E-state index >= 15 is 0 Å². The maximum atomic E-state index is 2.99. The Morgan fingerprint density at radius 1 is 0.806 bits per heavy atom. The van der Waals surface area contributed by atoms with E-state index in [4.69, 9.17) is 0 Å². The van der Waals surface area contributed by atoms with Crippen LogP contribution < -0.4 is 29.7 Å². The van der Waals surface area contributed by atoms with Crippen molar-refractivity contribution >= 4 is 39.6 Å². The largest absolute Gasteiger partial charge is 4.00 e. The zero-order valence-electron chi connectivity index (χ0n) is 16.6. The van der Waals surface area contributed by atoms with Crippen molar-refractivity contribution in [1.29, 1.82) is 0 Å². The van der Waals surface area contributed by atoms with E-state index < -0.39 is 0 Å². The summed E-state index contributed by atoms with van der Waals surface area (Å²) in [7, 11) is 0. The third-order valence-electron chi connectivity index (χ3n) is 4.88. The Hall–Kier alpha value is -1.64. The molecule has 0 N–H and O–H groups in total. The first-order valence-electron chi connectivity index (χ1n) is 9.43. The van der Waals surface area contributed by atoms with Crippen LogP contribution in [0.25, 0.3) is 10.8 Å². The standard InChI is InChI=1S/C21H14NS.C5H5.2ClH.Zr/c1-2-8-16-14-17(13-15(16)7-1)22-18-9-3-5-11-20(18)23-21-12-6-4-10-19(21)22;1-2-4-5-3-1;;;/h1-14H;1-3H,4H2;2*1H;/q2*-1;;;+4/p-2. The minimum absolute atomic E-state index is 0. The maximum absolute atomic E-state index is 2.99. The van der Waals surface area contributed by atoms with Gasteiger partial charge in [0.15, 0.2) is 0 Å². The van der Waals surface area contributed by atoms with Gasteiger partial charge in [0.05, 0.1) is 11.4 Å². The molecule has 0 fully saturated rings. The van der Waals surface area contributed by atoms with Gasteiger partial charge in [-0.1, -0.05) is 42.1 Å². The Morgan fingerprint density at radius 2 is 1.42 bits per heavy atom. The Kier molecular flexibility index (Phi) is 9.78. The summed E-state index contributed by atoms with van der Waals surface area (Å²) in [4.78, 5) is 4.98. The minimum Gasteiger partial charge on any atom is -1.00 e. The normalized spacial score (nSPS) is 12.5. The molecule has 4 aromatic carbocycles. The number of anilines is 3. The molecule has 6 rings (SSSR count). The quantitative estimate of drug-likeness (QED) is 0.299. The van der Waals surface area contributed by atoms with Gasteiger partial charge in [-0.3, -0.25) is 6.08 Å². The van der Waals surface area contributed by atoms with Gasteiger partial charge in [-0.05, 0) is 30.0 Å². The minimum atomic E-state index is 0. The molecule has 1 heterocycles. The third-order valence-corrected chi connectivity index (χ3v) is 6.01. The van der Waals surface area contributed by atoms with Gasteiger partial charge in [0, 0.05) is 9.79 Å². The van der Waals surface area contributed by atoms with Gasteiger partial charge in [0.25, 0.3) is 0 Å². The summed E-state index contributed by atoms with van der Waals surface area (Å²) in [5, 5.41) is 2.58. The van der Waals surface area contributed by atoms with Crippen LogP contribution in [0.15, 0.2) is 113 Å². The molecule has 1 aliphatic heterocycles. The van der Waals surface area contributed by atoms with Crippen molar-refractivity contribution < 1.29 is 51.0 Å². The molecule has 4 aromatic rings. The summed E-state index contributed by atoms with van der Waals surface area (Å²) in [6, 6.07) is 30.4. The van der Waals surface area contributed by atoms with E-state index in [9.17, 15) is 0 Å². The fourth-order valence-electron chi connectivity index (χ4n) is 3.59. The number of rotatable bonds is 1. The van der Waals surface area contributed by atoms with Crippen molar-refractivity contribution in [3.05, 3.63) is 109 Å². The monoisotopic (exact) mass is 537 g/mol. The fraction of sp³-hybridized carbons (Fsp3) is 0.0385. The van der Waals surface area contributed by atoms with E-state index in [0.717, 1.165) is 6.42 Å². The summed E-state index contributed by atoms with van der Waals surface area (Å²) >= 11 is 1.85. The fourth-order valence-corrected chi connectivity index (χ4v) is 4.64. The summed E-state index contributed by atoms with van der Waals surface area (Å²) in [6.45, 7) is 0. The van der Waals surface area contributed by atoms with E-state index in [-0.39, 0.29) is 51.0 Å². The molecular weight excluding hydrogens is 520 g/mol. The van der Waals surface area contributed by atoms with Crippen LogP contribution in [0.5, 0.6) is 0 Å². The van der Waals surface area contributed by atoms with Crippen LogP contribution in [0.4, 0.5) is 17.1 Å². The number of halogens is 2. The smallest absolute Gasteiger partial charge is 1.00 e. The van der Waals surface area contributed by atoms with Crippen molar-refractivity contribution in [2.75, 3.05) is 4.90 Å². The molecule has 0 bridgehead atoms. The molecule has 0 radical (unpaired) electrons. The molecule has 0 saturated heterocycles. The summed E-state index contributed by atoms with van der Waals surface area (Å²) in [5.41, 5.74) is 3.74. The molecule has 2 aliphatic rings. The first kappa shape index (κ1) is 25.6. The Bertz CT molecular complexity index is 1110. The predicted molar refractivity (Wildman–Crippen MR) is 120 cm³/mol. The van der Waals surface area contributed by atoms with Crippen LogP contribution >= 0.6 is 11.8 Å². The molecule has 0 spiro atoms. The number of para-hydroxylation sites is 2. The van der Waals surface area contributed by atoms with Crippen LogP contribution in [-0.4, -0.2) is 0 Å². The SMILES string of the molecule is [C-]1=CC=CC1.[Cl-].[Cl-].[Zr+4].c1ccc2c(c1)Sc1ccccc1N2c1cc2ccccc2[cH-]1. The predicted octanol–water partition coefficient (Wildman–Crippen LogP) is 1.80. The van der Waals surface area contributed by atoms with Gasteiger partial charge in [0.1, 0.15) is 0 Å². The number of fused-ring (bicyclic) bond motifs is 3. The first-order chi connectivity index (χ1) is 13.9. The van der Waals surface area contributed by atoms with Crippen molar-refractivity contribution in [2.45, 2.75) is 16.2 Å². The number of hydrogen-bond acceptors (Lipinski definition) is 2. The number of nitrogens with zero attached hydrogens (tertiary/aromatic N) is 1. The van der Waals surface area contributed by atoms with Crippen LogP contribution in [0.2, 0.25) is 0 Å². The van der Waals surface area contributed by atoms with Crippen molar-refractivity contribution in [3.8, 4) is 0 Å². The van der Waals surface area contributed by atoms with Crippen molar-refractivity contribution in [2.24, 2.45) is 0 Å². The molecule has 0 saturated carbocycles. The molecular formula is C26H19Cl2NSZr. The molecule has 31 heavy (non-hydrogen) atoms. The van der Waals surface area contributed by atoms with Crippen molar-refractivity contribution in [3.63, 3.8) is 0 Å². The van der Waals surface area contributed by atoms with Crippen LogP contribution in [-0.2, 0) is 26.2 Å². The average molecular weight is 540 g/mol. The van der Waals surface area contributed by atoms with Gasteiger partial charge in [-0.15, -0.1) is 47.5 Å². The molecule has 0 atom stereocenters. The molecule has 1 nitrogen and oxygen atoms in total. The number of benzene rings is 3. The van der Waals surface area contributed by atoms with Gasteiger partial charge < -0.3 is 29.7 Å². The van der Waals surface area contributed by atoms with Gasteiger partial charge in [-0.25, -0.2) is 12.2 Å². The second-order valence-electron chi connectivity index (χ2n) is 6.72. The van der Waals surface area contributed by atoms with Crippen LogP contribution in [0.1, 0.15) is 6.42 Å². The molecule has 5 heteroatoms. The Labute approximate surface area is 219 Å². The van der Waals surface area contributed by atoms with Crippen molar-refractivity contribution in [1.82, 2.24) is 0 Å². The van der Waals surface area contributed by atoms with E-state index in [1.54, 1.807) is 0 Å². The third kappa shape index (κ3) is 5.41. The second-order valence-corrected chi connectivity index (χ2v) is 7.80. The topological polar surface area (TPSA) is 3.24 Å². The summed E-state index contributed by atoms with van der Waals surface area (Å²) in [6.07, 6.45) is 10.0.